The van der Waals surface area contributed by atoms with Crippen molar-refractivity contribution in [3.05, 3.63) is 65.9 Å². The van der Waals surface area contributed by atoms with Crippen molar-refractivity contribution < 1.29 is 13.2 Å². The number of sulfonamides is 1. The van der Waals surface area contributed by atoms with Crippen molar-refractivity contribution in [2.24, 2.45) is 0 Å². The van der Waals surface area contributed by atoms with Crippen molar-refractivity contribution in [2.45, 2.75) is 24.0 Å². The third-order valence-electron chi connectivity index (χ3n) is 4.76. The summed E-state index contributed by atoms with van der Waals surface area (Å²) in [5.41, 5.74) is 3.46. The first-order chi connectivity index (χ1) is 13.7. The Bertz CT molecular complexity index is 1110. The molecule has 29 heavy (non-hydrogen) atoms. The monoisotopic (exact) mass is 429 g/mol. The highest BCUT2D eigenvalue weighted by molar-refractivity contribution is 7.91. The maximum atomic E-state index is 13.0. The normalized spacial score (nSPS) is 12.6. The Balaban J connectivity index is 1.80. The molecule has 1 atom stereocenters. The average molecular weight is 430 g/mol. The van der Waals surface area contributed by atoms with Crippen LogP contribution in [-0.4, -0.2) is 33.4 Å². The second-order valence-corrected chi connectivity index (χ2v) is 9.74. The van der Waals surface area contributed by atoms with Gasteiger partial charge in [-0.3, -0.25) is 9.69 Å². The molecule has 1 aromatic heterocycles. The number of aryl methyl sites for hydroxylation is 1. The summed E-state index contributed by atoms with van der Waals surface area (Å²) < 4.78 is 26.6. The van der Waals surface area contributed by atoms with Crippen LogP contribution in [0.25, 0.3) is 11.1 Å². The number of thiazole rings is 1. The van der Waals surface area contributed by atoms with Gasteiger partial charge in [-0.25, -0.2) is 18.1 Å². The number of likely N-dealkylation sites (N-methyl/N-ethyl adjacent to an activating group) is 1. The molecule has 0 aliphatic heterocycles. The standard InChI is InChI=1S/C21H23N3O3S2/c1-14(16-10-12-18(13-11-16)17-8-6-5-7-9-17)19(25)24(4)21-23-15(2)20(28-21)29(26,27)22-3/h5-14,22H,1-4H3. The quantitative estimate of drug-likeness (QED) is 0.646. The number of anilines is 1. The fourth-order valence-electron chi connectivity index (χ4n) is 2.98. The van der Waals surface area contributed by atoms with E-state index in [2.05, 4.69) is 9.71 Å². The van der Waals surface area contributed by atoms with Gasteiger partial charge in [0.1, 0.15) is 0 Å². The number of nitrogens with zero attached hydrogens (tertiary/aromatic N) is 2. The number of aromatic nitrogens is 1. The molecule has 0 radical (unpaired) electrons. The number of rotatable bonds is 6. The predicted molar refractivity (Wildman–Crippen MR) is 117 cm³/mol. The fraction of sp³-hybridized carbons (Fsp3) is 0.238. The minimum Gasteiger partial charge on any atom is -0.291 e. The molecule has 0 saturated carbocycles. The van der Waals surface area contributed by atoms with E-state index < -0.39 is 15.9 Å². The van der Waals surface area contributed by atoms with Crippen LogP contribution < -0.4 is 9.62 Å². The molecule has 8 heteroatoms. The van der Waals surface area contributed by atoms with Gasteiger partial charge in [0, 0.05) is 7.05 Å². The van der Waals surface area contributed by atoms with Crippen molar-refractivity contribution in [2.75, 3.05) is 19.0 Å². The third kappa shape index (κ3) is 4.39. The highest BCUT2D eigenvalue weighted by Gasteiger charge is 2.26. The third-order valence-corrected chi connectivity index (χ3v) is 8.02. The van der Waals surface area contributed by atoms with E-state index in [0.717, 1.165) is 28.0 Å². The van der Waals surface area contributed by atoms with Crippen molar-refractivity contribution >= 4 is 32.4 Å². The van der Waals surface area contributed by atoms with Crippen molar-refractivity contribution in [1.82, 2.24) is 9.71 Å². The number of amides is 1. The zero-order valence-corrected chi connectivity index (χ0v) is 18.3. The minimum atomic E-state index is -3.60. The molecule has 6 nitrogen and oxygen atoms in total. The minimum absolute atomic E-state index is 0.120. The Morgan fingerprint density at radius 1 is 1.07 bits per heavy atom. The second kappa shape index (κ2) is 8.44. The van der Waals surface area contributed by atoms with Gasteiger partial charge in [0.2, 0.25) is 5.91 Å². The maximum absolute atomic E-state index is 13.0. The van der Waals surface area contributed by atoms with Crippen LogP contribution in [0.4, 0.5) is 5.13 Å². The first kappa shape index (κ1) is 21.2. The van der Waals surface area contributed by atoms with Crippen molar-refractivity contribution in [3.63, 3.8) is 0 Å². The second-order valence-electron chi connectivity index (χ2n) is 6.68. The van der Waals surface area contributed by atoms with Gasteiger partial charge in [-0.05, 0) is 37.6 Å². The van der Waals surface area contributed by atoms with Gasteiger partial charge in [0.25, 0.3) is 10.0 Å². The molecule has 152 valence electrons. The van der Waals surface area contributed by atoms with E-state index >= 15 is 0 Å². The van der Waals surface area contributed by atoms with E-state index in [9.17, 15) is 13.2 Å². The molecule has 1 N–H and O–H groups in total. The lowest BCUT2D eigenvalue weighted by atomic mass is 9.96. The molecule has 1 amide bonds. The Labute approximate surface area is 175 Å². The molecule has 0 aliphatic rings. The molecular weight excluding hydrogens is 406 g/mol. The highest BCUT2D eigenvalue weighted by Crippen LogP contribution is 2.31. The smallest absolute Gasteiger partial charge is 0.251 e. The summed E-state index contributed by atoms with van der Waals surface area (Å²) >= 11 is 0.983. The molecule has 1 unspecified atom stereocenters. The Kier molecular flexibility index (Phi) is 6.16. The highest BCUT2D eigenvalue weighted by atomic mass is 32.2. The van der Waals surface area contributed by atoms with E-state index in [0.29, 0.717) is 10.8 Å². The lowest BCUT2D eigenvalue weighted by Gasteiger charge is -2.19. The molecule has 0 fully saturated rings. The van der Waals surface area contributed by atoms with Crippen LogP contribution in [0.15, 0.2) is 58.8 Å². The van der Waals surface area contributed by atoms with Gasteiger partial charge in [-0.1, -0.05) is 65.9 Å². The summed E-state index contributed by atoms with van der Waals surface area (Å²) in [6.45, 7) is 3.45. The maximum Gasteiger partial charge on any atom is 0.251 e. The van der Waals surface area contributed by atoms with Gasteiger partial charge < -0.3 is 0 Å². The van der Waals surface area contributed by atoms with E-state index in [4.69, 9.17) is 0 Å². The summed E-state index contributed by atoms with van der Waals surface area (Å²) in [7, 11) is -0.635. The summed E-state index contributed by atoms with van der Waals surface area (Å²) in [5, 5.41) is 0.356. The molecule has 3 rings (SSSR count). The lowest BCUT2D eigenvalue weighted by molar-refractivity contribution is -0.119. The van der Waals surface area contributed by atoms with Crippen LogP contribution in [0.1, 0.15) is 24.1 Å². The SMILES string of the molecule is CNS(=O)(=O)c1sc(N(C)C(=O)C(C)c2ccc(-c3ccccc3)cc2)nc1C. The van der Waals surface area contributed by atoms with Crippen LogP contribution in [0.3, 0.4) is 0 Å². The fourth-order valence-corrected chi connectivity index (χ4v) is 5.28. The predicted octanol–water partition coefficient (Wildman–Crippen LogP) is 3.79. The van der Waals surface area contributed by atoms with Gasteiger partial charge in [0.05, 0.1) is 11.6 Å². The van der Waals surface area contributed by atoms with Crippen LogP contribution in [0.5, 0.6) is 0 Å². The first-order valence-corrected chi connectivity index (χ1v) is 11.4. The summed E-state index contributed by atoms with van der Waals surface area (Å²) in [6.07, 6.45) is 0. The molecule has 2 aromatic carbocycles. The first-order valence-electron chi connectivity index (χ1n) is 9.08. The zero-order chi connectivity index (χ0) is 21.2. The van der Waals surface area contributed by atoms with Crippen LogP contribution in [-0.2, 0) is 14.8 Å². The largest absolute Gasteiger partial charge is 0.291 e. The van der Waals surface area contributed by atoms with Gasteiger partial charge in [-0.2, -0.15) is 0 Å². The lowest BCUT2D eigenvalue weighted by Crippen LogP contribution is -2.30. The molecule has 0 bridgehead atoms. The zero-order valence-electron chi connectivity index (χ0n) is 16.7. The van der Waals surface area contributed by atoms with Crippen LogP contribution in [0.2, 0.25) is 0 Å². The summed E-state index contributed by atoms with van der Waals surface area (Å²) in [6, 6.07) is 17.9. The Hall–Kier alpha value is -2.55. The molecule has 0 saturated heterocycles. The number of hydrogen-bond acceptors (Lipinski definition) is 5. The Morgan fingerprint density at radius 3 is 2.24 bits per heavy atom. The molecule has 3 aromatic rings. The average Bonchev–Trinajstić information content (AvgIpc) is 3.15. The van der Waals surface area contributed by atoms with Gasteiger partial charge >= 0.3 is 0 Å². The number of nitrogens with one attached hydrogen (secondary N) is 1. The molecular formula is C21H23N3O3S2. The van der Waals surface area contributed by atoms with E-state index in [1.54, 1.807) is 14.0 Å². The number of benzene rings is 2. The summed E-state index contributed by atoms with van der Waals surface area (Å²) in [5.74, 6) is -0.544. The van der Waals surface area contributed by atoms with Crippen molar-refractivity contribution in [3.8, 4) is 11.1 Å². The van der Waals surface area contributed by atoms with Crippen LogP contribution in [0, 0.1) is 6.92 Å². The molecule has 1 heterocycles. The van der Waals surface area contributed by atoms with Gasteiger partial charge in [-0.15, -0.1) is 0 Å². The molecule has 0 aliphatic carbocycles. The van der Waals surface area contributed by atoms with E-state index in [-0.39, 0.29) is 10.1 Å². The topological polar surface area (TPSA) is 79.4 Å². The Morgan fingerprint density at radius 2 is 1.66 bits per heavy atom. The number of carbonyl (C=O) groups is 1. The van der Waals surface area contributed by atoms with E-state index in [1.165, 1.54) is 11.9 Å². The summed E-state index contributed by atoms with van der Waals surface area (Å²) in [4.78, 5) is 18.7. The van der Waals surface area contributed by atoms with Crippen molar-refractivity contribution in [1.29, 1.82) is 0 Å². The number of hydrogen-bond donors (Lipinski definition) is 1. The van der Waals surface area contributed by atoms with Gasteiger partial charge in [0.15, 0.2) is 9.34 Å². The molecule has 0 spiro atoms. The number of carbonyl (C=O) groups excluding carboxylic acids is 1. The van der Waals surface area contributed by atoms with E-state index in [1.807, 2.05) is 61.5 Å². The van der Waals surface area contributed by atoms with Crippen LogP contribution >= 0.6 is 11.3 Å².